The molecule has 6 aromatic rings. The minimum atomic E-state index is -0.181. The normalized spacial score (nSPS) is 11.2. The lowest BCUT2D eigenvalue weighted by molar-refractivity contribution is 0.0939. The van der Waals surface area contributed by atoms with Gasteiger partial charge in [-0.3, -0.25) is 9.59 Å². The summed E-state index contributed by atoms with van der Waals surface area (Å²) in [5, 5.41) is 6.92. The fourth-order valence-corrected chi connectivity index (χ4v) is 6.48. The molecule has 2 aromatic carbocycles. The third-order valence-corrected chi connectivity index (χ3v) is 9.41. The Balaban J connectivity index is 0.000000185. The summed E-state index contributed by atoms with van der Waals surface area (Å²) in [6.07, 6.45) is 3.19. The zero-order valence-corrected chi connectivity index (χ0v) is 28.0. The van der Waals surface area contributed by atoms with Crippen molar-refractivity contribution in [1.29, 1.82) is 0 Å². The highest BCUT2D eigenvalue weighted by Crippen LogP contribution is 2.28. The molecule has 0 aliphatic heterocycles. The third-order valence-electron chi connectivity index (χ3n) is 6.61. The van der Waals surface area contributed by atoms with Gasteiger partial charge in [0.1, 0.15) is 0 Å². The number of carbonyl (C=O) groups excluding carboxylic acids is 2. The maximum absolute atomic E-state index is 12.4. The van der Waals surface area contributed by atoms with Crippen LogP contribution in [0.4, 0.5) is 11.9 Å². The number of halogens is 2. The lowest BCUT2D eigenvalue weighted by Gasteiger charge is -2.13. The summed E-state index contributed by atoms with van der Waals surface area (Å²) in [6, 6.07) is 25.7. The molecule has 0 aliphatic carbocycles. The van der Waals surface area contributed by atoms with Gasteiger partial charge in [-0.05, 0) is 66.6 Å². The minimum Gasteiger partial charge on any atom is -0.368 e. The largest absolute Gasteiger partial charge is 0.368 e. The predicted octanol–water partition coefficient (Wildman–Crippen LogP) is 7.30. The molecule has 4 heterocycles. The molecule has 0 fully saturated rings. The van der Waals surface area contributed by atoms with E-state index in [1.807, 2.05) is 49.4 Å². The van der Waals surface area contributed by atoms with Crippen molar-refractivity contribution in [3.05, 3.63) is 128 Å². The maximum Gasteiger partial charge on any atom is 0.261 e. The Morgan fingerprint density at radius 1 is 0.766 bits per heavy atom. The van der Waals surface area contributed by atoms with Gasteiger partial charge >= 0.3 is 0 Å². The van der Waals surface area contributed by atoms with Gasteiger partial charge in [-0.15, -0.1) is 22.7 Å². The van der Waals surface area contributed by atoms with E-state index >= 15 is 0 Å². The number of nitrogen functional groups attached to an aromatic ring is 2. The number of rotatable bonds is 8. The molecule has 238 valence electrons. The number of hydrogen-bond donors (Lipinski definition) is 4. The van der Waals surface area contributed by atoms with Crippen LogP contribution < -0.4 is 22.1 Å². The van der Waals surface area contributed by atoms with Crippen molar-refractivity contribution >= 4 is 69.6 Å². The third kappa shape index (κ3) is 9.11. The van der Waals surface area contributed by atoms with Gasteiger partial charge in [0.25, 0.3) is 11.8 Å². The molecule has 2 amide bonds. The number of amides is 2. The second-order valence-corrected chi connectivity index (χ2v) is 13.0. The van der Waals surface area contributed by atoms with Crippen LogP contribution in [0.25, 0.3) is 21.1 Å². The lowest BCUT2D eigenvalue weighted by atomic mass is 10.1. The van der Waals surface area contributed by atoms with Gasteiger partial charge in [-0.1, -0.05) is 59.6 Å². The molecule has 0 bridgehead atoms. The maximum atomic E-state index is 12.4. The van der Waals surface area contributed by atoms with E-state index in [4.69, 9.17) is 34.7 Å². The van der Waals surface area contributed by atoms with Crippen molar-refractivity contribution in [2.45, 2.75) is 19.5 Å². The molecular formula is C33H28Cl2N8O2S2. The van der Waals surface area contributed by atoms with Crippen LogP contribution >= 0.6 is 45.9 Å². The Labute approximate surface area is 288 Å². The molecule has 0 saturated carbocycles. The zero-order valence-electron chi connectivity index (χ0n) is 24.9. The second-order valence-electron chi connectivity index (χ2n) is 9.95. The Bertz CT molecular complexity index is 2000. The summed E-state index contributed by atoms with van der Waals surface area (Å²) >= 11 is 14.7. The average molecular weight is 704 g/mol. The van der Waals surface area contributed by atoms with Gasteiger partial charge in [-0.2, -0.15) is 0 Å². The van der Waals surface area contributed by atoms with Crippen LogP contribution in [0, 0.1) is 0 Å². The summed E-state index contributed by atoms with van der Waals surface area (Å²) < 4.78 is 0. The molecule has 47 heavy (non-hydrogen) atoms. The van der Waals surface area contributed by atoms with Gasteiger partial charge in [0.2, 0.25) is 11.9 Å². The first kappa shape index (κ1) is 33.5. The van der Waals surface area contributed by atoms with Gasteiger partial charge < -0.3 is 22.1 Å². The van der Waals surface area contributed by atoms with Crippen LogP contribution in [0.15, 0.2) is 97.3 Å². The Morgan fingerprint density at radius 2 is 1.34 bits per heavy atom. The van der Waals surface area contributed by atoms with Crippen molar-refractivity contribution in [2.24, 2.45) is 0 Å². The fraction of sp³-hybridized carbons (Fsp3) is 0.0909. The van der Waals surface area contributed by atoms with Crippen LogP contribution in [-0.4, -0.2) is 31.8 Å². The number of nitrogens with two attached hydrogens (primary N) is 2. The SMILES string of the molecule is C[C@H](NC(=O)c1ccc(-c2ccnc(N)n2)s1)c1ccccc1.Nc1nccc(-c2ccc(C(=O)NCc3ccc(Cl)cc3Cl)s2)n1. The fourth-order valence-electron chi connectivity index (χ4n) is 4.24. The molecule has 0 aliphatic rings. The zero-order chi connectivity index (χ0) is 33.3. The number of anilines is 2. The highest BCUT2D eigenvalue weighted by Gasteiger charge is 2.15. The summed E-state index contributed by atoms with van der Waals surface area (Å²) in [4.78, 5) is 43.7. The van der Waals surface area contributed by atoms with Crippen molar-refractivity contribution in [1.82, 2.24) is 30.6 Å². The first-order valence-electron chi connectivity index (χ1n) is 14.1. The van der Waals surface area contributed by atoms with Crippen LogP contribution in [-0.2, 0) is 6.54 Å². The summed E-state index contributed by atoms with van der Waals surface area (Å²) in [5.74, 6) is 0.141. The quantitative estimate of drug-likeness (QED) is 0.128. The molecule has 0 saturated heterocycles. The van der Waals surface area contributed by atoms with E-state index in [1.165, 1.54) is 22.7 Å². The number of carbonyl (C=O) groups is 2. The molecular weight excluding hydrogens is 675 g/mol. The van der Waals surface area contributed by atoms with Gasteiger partial charge in [-0.25, -0.2) is 19.9 Å². The number of thiophene rings is 2. The van der Waals surface area contributed by atoms with Gasteiger partial charge in [0, 0.05) is 29.0 Å². The topological polar surface area (TPSA) is 162 Å². The number of nitrogens with one attached hydrogen (secondary N) is 2. The van der Waals surface area contributed by atoms with E-state index in [1.54, 1.807) is 54.9 Å². The Kier molecular flexibility index (Phi) is 11.1. The molecule has 14 heteroatoms. The minimum absolute atomic E-state index is 0.0519. The van der Waals surface area contributed by atoms with Crippen molar-refractivity contribution in [2.75, 3.05) is 11.5 Å². The van der Waals surface area contributed by atoms with Crippen LogP contribution in [0.2, 0.25) is 10.0 Å². The molecule has 10 nitrogen and oxygen atoms in total. The van der Waals surface area contributed by atoms with E-state index in [-0.39, 0.29) is 29.8 Å². The molecule has 1 atom stereocenters. The van der Waals surface area contributed by atoms with E-state index < -0.39 is 0 Å². The number of benzene rings is 2. The molecule has 6 N–H and O–H groups in total. The lowest BCUT2D eigenvalue weighted by Crippen LogP contribution is -2.25. The number of hydrogen-bond acceptors (Lipinski definition) is 10. The smallest absolute Gasteiger partial charge is 0.261 e. The van der Waals surface area contributed by atoms with E-state index in [2.05, 4.69) is 30.6 Å². The predicted molar refractivity (Wildman–Crippen MR) is 189 cm³/mol. The van der Waals surface area contributed by atoms with Crippen LogP contribution in [0.3, 0.4) is 0 Å². The highest BCUT2D eigenvalue weighted by atomic mass is 35.5. The average Bonchev–Trinajstić information content (AvgIpc) is 3.77. The highest BCUT2D eigenvalue weighted by molar-refractivity contribution is 7.17. The van der Waals surface area contributed by atoms with Crippen molar-refractivity contribution in [3.63, 3.8) is 0 Å². The molecule has 0 radical (unpaired) electrons. The van der Waals surface area contributed by atoms with E-state index in [0.29, 0.717) is 32.0 Å². The van der Waals surface area contributed by atoms with E-state index in [9.17, 15) is 9.59 Å². The van der Waals surface area contributed by atoms with Gasteiger partial charge in [0.05, 0.1) is 36.9 Å². The summed E-state index contributed by atoms with van der Waals surface area (Å²) in [5.41, 5.74) is 14.5. The first-order chi connectivity index (χ1) is 22.7. The van der Waals surface area contributed by atoms with Gasteiger partial charge in [0.15, 0.2) is 0 Å². The van der Waals surface area contributed by atoms with E-state index in [0.717, 1.165) is 26.6 Å². The monoisotopic (exact) mass is 702 g/mol. The Hall–Kier alpha value is -4.88. The number of aromatic nitrogens is 4. The first-order valence-corrected chi connectivity index (χ1v) is 16.5. The van der Waals surface area contributed by atoms with Crippen molar-refractivity contribution in [3.8, 4) is 21.1 Å². The summed E-state index contributed by atoms with van der Waals surface area (Å²) in [7, 11) is 0. The Morgan fingerprint density at radius 3 is 1.89 bits per heavy atom. The number of nitrogens with zero attached hydrogens (tertiary/aromatic N) is 4. The molecule has 0 spiro atoms. The molecule has 4 aromatic heterocycles. The van der Waals surface area contributed by atoms with Crippen LogP contribution in [0.1, 0.15) is 43.4 Å². The molecule has 6 rings (SSSR count). The van der Waals surface area contributed by atoms with Crippen molar-refractivity contribution < 1.29 is 9.59 Å². The second kappa shape index (κ2) is 15.6. The standard InChI is InChI=1S/C17H16N4OS.C16H12Cl2N4OS/c1-11(12-5-3-2-4-6-12)20-16(22)15-8-7-14(23-15)13-9-10-19-17(18)21-13;17-10-2-1-9(11(18)7-10)8-21-15(23)14-4-3-13(24-14)12-5-6-20-16(19)22-12/h2-11H,1H3,(H,20,22)(H2,18,19,21);1-7H,8H2,(H,21,23)(H2,19,20,22)/t11-;/m0./s1. The van der Waals surface area contributed by atoms with Crippen LogP contribution in [0.5, 0.6) is 0 Å². The summed E-state index contributed by atoms with van der Waals surface area (Å²) in [6.45, 7) is 2.29. The molecule has 0 unspecified atom stereocenters.